The van der Waals surface area contributed by atoms with Gasteiger partial charge in [-0.3, -0.25) is 4.98 Å². The molecular weight excluding hydrogens is 192 g/mol. The molecule has 0 unspecified atom stereocenters. The number of hydrogen-bond acceptors (Lipinski definition) is 4. The number of carbonyl (C=O) groups is 1. The molecule has 2 aromatic heterocycles. The summed E-state index contributed by atoms with van der Waals surface area (Å²) in [5.41, 5.74) is 1.63. The van der Waals surface area contributed by atoms with Gasteiger partial charge in [0.2, 0.25) is 0 Å². The van der Waals surface area contributed by atoms with Gasteiger partial charge in [-0.15, -0.1) is 0 Å². The highest BCUT2D eigenvalue weighted by Crippen LogP contribution is 2.05. The third-order valence-electron chi connectivity index (χ3n) is 2.11. The molecule has 0 saturated heterocycles. The minimum Gasteiger partial charge on any atom is -0.300 e. The molecule has 0 atom stereocenters. The number of carbonyl (C=O) groups excluding carboxylic acids is 1. The fourth-order valence-electron chi connectivity index (χ4n) is 1.38. The molecule has 0 saturated carbocycles. The molecule has 2 rings (SSSR count). The van der Waals surface area contributed by atoms with Crippen molar-refractivity contribution in [1.29, 1.82) is 0 Å². The number of pyridine rings is 1. The van der Waals surface area contributed by atoms with E-state index in [0.717, 1.165) is 17.5 Å². The Kier molecular flexibility index (Phi) is 2.71. The maximum atomic E-state index is 10.7. The van der Waals surface area contributed by atoms with E-state index in [0.29, 0.717) is 13.0 Å². The third-order valence-corrected chi connectivity index (χ3v) is 2.11. The van der Waals surface area contributed by atoms with Crippen molar-refractivity contribution in [3.8, 4) is 0 Å². The molecule has 0 bridgehead atoms. The summed E-state index contributed by atoms with van der Waals surface area (Å²) in [6.45, 7) is 2.27. The van der Waals surface area contributed by atoms with E-state index in [1.54, 1.807) is 24.1 Å². The lowest BCUT2D eigenvalue weighted by molar-refractivity contribution is -0.117. The van der Waals surface area contributed by atoms with E-state index >= 15 is 0 Å². The predicted octanol–water partition coefficient (Wildman–Crippen LogP) is 1.20. The number of rotatable bonds is 4. The molecule has 0 aromatic carbocycles. The quantitative estimate of drug-likeness (QED) is 0.750. The van der Waals surface area contributed by atoms with E-state index in [1.165, 1.54) is 0 Å². The predicted molar refractivity (Wildman–Crippen MR) is 55.2 cm³/mol. The van der Waals surface area contributed by atoms with E-state index in [9.17, 15) is 4.79 Å². The van der Waals surface area contributed by atoms with Gasteiger partial charge in [-0.05, 0) is 19.4 Å². The molecule has 0 fully saturated rings. The van der Waals surface area contributed by atoms with Crippen molar-refractivity contribution in [2.75, 3.05) is 0 Å². The van der Waals surface area contributed by atoms with Crippen LogP contribution in [0.3, 0.4) is 0 Å². The Morgan fingerprint density at radius 3 is 2.93 bits per heavy atom. The lowest BCUT2D eigenvalue weighted by atomic mass is 10.2. The zero-order valence-corrected chi connectivity index (χ0v) is 8.55. The Balaban J connectivity index is 2.05. The van der Waals surface area contributed by atoms with Crippen LogP contribution in [-0.2, 0) is 11.3 Å². The van der Waals surface area contributed by atoms with Gasteiger partial charge in [-0.2, -0.15) is 15.0 Å². The van der Waals surface area contributed by atoms with Crippen LogP contribution in [0, 0.1) is 0 Å². The monoisotopic (exact) mass is 204 g/mol. The van der Waals surface area contributed by atoms with Gasteiger partial charge in [-0.1, -0.05) is 0 Å². The first-order chi connectivity index (χ1) is 7.25. The summed E-state index contributed by atoms with van der Waals surface area (Å²) in [7, 11) is 0. The zero-order chi connectivity index (χ0) is 10.7. The van der Waals surface area contributed by atoms with Gasteiger partial charge in [0.1, 0.15) is 16.8 Å². The van der Waals surface area contributed by atoms with E-state index in [1.807, 2.05) is 6.07 Å². The number of hydrogen-bond donors (Lipinski definition) is 0. The molecule has 5 heteroatoms. The van der Waals surface area contributed by atoms with Gasteiger partial charge >= 0.3 is 0 Å². The van der Waals surface area contributed by atoms with Crippen molar-refractivity contribution in [1.82, 2.24) is 20.0 Å². The SMILES string of the molecule is CC(=O)CCCn1nc2ccncc2n1. The first kappa shape index (κ1) is 9.76. The van der Waals surface area contributed by atoms with Crippen LogP contribution in [0.4, 0.5) is 0 Å². The summed E-state index contributed by atoms with van der Waals surface area (Å²) < 4.78 is 0. The zero-order valence-electron chi connectivity index (χ0n) is 8.55. The minimum atomic E-state index is 0.202. The van der Waals surface area contributed by atoms with Crippen LogP contribution in [0.1, 0.15) is 19.8 Å². The summed E-state index contributed by atoms with van der Waals surface area (Å²) in [6.07, 6.45) is 4.74. The van der Waals surface area contributed by atoms with E-state index in [-0.39, 0.29) is 5.78 Å². The second kappa shape index (κ2) is 4.16. The molecule has 78 valence electrons. The molecule has 15 heavy (non-hydrogen) atoms. The number of nitrogens with zero attached hydrogens (tertiary/aromatic N) is 4. The molecule has 5 nitrogen and oxygen atoms in total. The van der Waals surface area contributed by atoms with Crippen LogP contribution >= 0.6 is 0 Å². The Morgan fingerprint density at radius 2 is 2.20 bits per heavy atom. The highest BCUT2D eigenvalue weighted by atomic mass is 16.1. The molecule has 0 aliphatic rings. The Morgan fingerprint density at radius 1 is 1.40 bits per heavy atom. The number of fused-ring (bicyclic) bond motifs is 1. The molecule has 0 radical (unpaired) electrons. The molecule has 2 aromatic rings. The first-order valence-corrected chi connectivity index (χ1v) is 4.90. The van der Waals surface area contributed by atoms with Crippen molar-refractivity contribution in [2.24, 2.45) is 0 Å². The Labute approximate surface area is 87.1 Å². The van der Waals surface area contributed by atoms with Crippen molar-refractivity contribution >= 4 is 16.8 Å². The van der Waals surface area contributed by atoms with Gasteiger partial charge in [0.15, 0.2) is 0 Å². The summed E-state index contributed by atoms with van der Waals surface area (Å²) in [4.78, 5) is 16.3. The average Bonchev–Trinajstić information content (AvgIpc) is 2.59. The second-order valence-corrected chi connectivity index (χ2v) is 3.47. The van der Waals surface area contributed by atoms with Crippen LogP contribution in [0.15, 0.2) is 18.5 Å². The smallest absolute Gasteiger partial charge is 0.131 e. The average molecular weight is 204 g/mol. The van der Waals surface area contributed by atoms with Gasteiger partial charge in [0, 0.05) is 12.6 Å². The van der Waals surface area contributed by atoms with Gasteiger partial charge < -0.3 is 4.79 Å². The molecule has 0 aliphatic carbocycles. The standard InChI is InChI=1S/C10H12N4O/c1-8(15)3-2-6-14-12-9-4-5-11-7-10(9)13-14/h4-5,7H,2-3,6H2,1H3. The van der Waals surface area contributed by atoms with Gasteiger partial charge in [-0.25, -0.2) is 0 Å². The first-order valence-electron chi connectivity index (χ1n) is 4.90. The highest BCUT2D eigenvalue weighted by Gasteiger charge is 2.01. The lowest BCUT2D eigenvalue weighted by Gasteiger charge is -1.96. The van der Waals surface area contributed by atoms with Gasteiger partial charge in [0.25, 0.3) is 0 Å². The van der Waals surface area contributed by atoms with Crippen LogP contribution in [0.2, 0.25) is 0 Å². The minimum absolute atomic E-state index is 0.202. The topological polar surface area (TPSA) is 60.7 Å². The van der Waals surface area contributed by atoms with Crippen LogP contribution < -0.4 is 0 Å². The van der Waals surface area contributed by atoms with E-state index in [2.05, 4.69) is 15.2 Å². The normalized spacial score (nSPS) is 10.7. The molecular formula is C10H12N4O. The molecule has 0 amide bonds. The van der Waals surface area contributed by atoms with Crippen molar-refractivity contribution in [3.05, 3.63) is 18.5 Å². The second-order valence-electron chi connectivity index (χ2n) is 3.47. The van der Waals surface area contributed by atoms with Crippen molar-refractivity contribution < 1.29 is 4.79 Å². The summed E-state index contributed by atoms with van der Waals surface area (Å²) in [6, 6.07) is 1.82. The summed E-state index contributed by atoms with van der Waals surface area (Å²) in [5, 5.41) is 8.51. The maximum Gasteiger partial charge on any atom is 0.131 e. The maximum absolute atomic E-state index is 10.7. The number of aromatic nitrogens is 4. The van der Waals surface area contributed by atoms with E-state index < -0.39 is 0 Å². The van der Waals surface area contributed by atoms with Gasteiger partial charge in [0.05, 0.1) is 12.7 Å². The third kappa shape index (κ3) is 2.37. The molecule has 0 aliphatic heterocycles. The highest BCUT2D eigenvalue weighted by molar-refractivity contribution is 5.75. The number of ketones is 1. The van der Waals surface area contributed by atoms with Crippen LogP contribution in [0.25, 0.3) is 11.0 Å². The van der Waals surface area contributed by atoms with E-state index in [4.69, 9.17) is 0 Å². The van der Waals surface area contributed by atoms with Crippen molar-refractivity contribution in [3.63, 3.8) is 0 Å². The largest absolute Gasteiger partial charge is 0.300 e. The Hall–Kier alpha value is -1.78. The number of aryl methyl sites for hydroxylation is 1. The van der Waals surface area contributed by atoms with Crippen LogP contribution in [0.5, 0.6) is 0 Å². The van der Waals surface area contributed by atoms with Crippen LogP contribution in [-0.4, -0.2) is 25.8 Å². The molecule has 0 N–H and O–H groups in total. The lowest BCUT2D eigenvalue weighted by Crippen LogP contribution is -2.03. The number of Topliss-reactive ketones (excluding diaryl/α,β-unsaturated/α-hetero) is 1. The Bertz CT molecular complexity index is 444. The molecule has 0 spiro atoms. The fraction of sp³-hybridized carbons (Fsp3) is 0.400. The fourth-order valence-corrected chi connectivity index (χ4v) is 1.38. The summed E-state index contributed by atoms with van der Waals surface area (Å²) >= 11 is 0. The summed E-state index contributed by atoms with van der Waals surface area (Å²) in [5.74, 6) is 0.202. The van der Waals surface area contributed by atoms with Crippen molar-refractivity contribution in [2.45, 2.75) is 26.3 Å². The molecule has 2 heterocycles.